The average Bonchev–Trinajstić information content (AvgIpc) is 2.31. The van der Waals surface area contributed by atoms with Crippen LogP contribution in [0.4, 0.5) is 0 Å². The molecule has 0 radical (unpaired) electrons. The normalized spacial score (nSPS) is 11.9. The van der Waals surface area contributed by atoms with Crippen molar-refractivity contribution < 1.29 is 0 Å². The lowest BCUT2D eigenvalue weighted by Crippen LogP contribution is -2.25. The molecule has 2 aromatic carbocycles. The van der Waals surface area contributed by atoms with Gasteiger partial charge in [0.25, 0.3) is 0 Å². The molecule has 0 bridgehead atoms. The van der Waals surface area contributed by atoms with E-state index in [2.05, 4.69) is 55.5 Å². The highest BCUT2D eigenvalue weighted by molar-refractivity contribution is 5.85. The van der Waals surface area contributed by atoms with Crippen LogP contribution in [0.15, 0.2) is 60.7 Å². The lowest BCUT2D eigenvalue weighted by Gasteiger charge is -2.21. The molecule has 1 atom stereocenters. The quantitative estimate of drug-likeness (QED) is 0.882. The Morgan fingerprint density at radius 1 is 0.765 bits per heavy atom. The molecule has 0 heterocycles. The van der Waals surface area contributed by atoms with Crippen LogP contribution in [0.2, 0.25) is 0 Å². The minimum atomic E-state index is 0. The SMILES string of the molecule is C[C@H](N)C(c1ccccc1)c1ccccc1.Cl. The lowest BCUT2D eigenvalue weighted by atomic mass is 9.86. The predicted octanol–water partition coefficient (Wildman–Crippen LogP) is 3.59. The highest BCUT2D eigenvalue weighted by Crippen LogP contribution is 2.26. The molecule has 0 amide bonds. The third-order valence-electron chi connectivity index (χ3n) is 2.84. The van der Waals surface area contributed by atoms with Crippen LogP contribution in [0.5, 0.6) is 0 Å². The number of nitrogens with two attached hydrogens (primary N) is 1. The molecule has 2 heteroatoms. The molecule has 2 aromatic rings. The van der Waals surface area contributed by atoms with Gasteiger partial charge in [-0.1, -0.05) is 60.7 Å². The fraction of sp³-hybridized carbons (Fsp3) is 0.200. The van der Waals surface area contributed by atoms with Gasteiger partial charge >= 0.3 is 0 Å². The van der Waals surface area contributed by atoms with Crippen LogP contribution in [0, 0.1) is 0 Å². The second kappa shape index (κ2) is 6.43. The van der Waals surface area contributed by atoms with E-state index in [-0.39, 0.29) is 24.4 Å². The molecule has 0 aliphatic rings. The largest absolute Gasteiger partial charge is 0.327 e. The summed E-state index contributed by atoms with van der Waals surface area (Å²) in [6.45, 7) is 2.06. The van der Waals surface area contributed by atoms with E-state index in [0.717, 1.165) is 0 Å². The Labute approximate surface area is 109 Å². The average molecular weight is 248 g/mol. The zero-order chi connectivity index (χ0) is 11.4. The second-order valence-electron chi connectivity index (χ2n) is 4.16. The van der Waals surface area contributed by atoms with Gasteiger partial charge in [0, 0.05) is 12.0 Å². The van der Waals surface area contributed by atoms with Crippen LogP contribution in [-0.2, 0) is 0 Å². The Morgan fingerprint density at radius 3 is 1.41 bits per heavy atom. The Bertz CT molecular complexity index is 386. The number of halogens is 1. The van der Waals surface area contributed by atoms with Crippen molar-refractivity contribution in [1.29, 1.82) is 0 Å². The van der Waals surface area contributed by atoms with Crippen LogP contribution in [-0.4, -0.2) is 6.04 Å². The summed E-state index contributed by atoms with van der Waals surface area (Å²) in [5, 5.41) is 0. The Balaban J connectivity index is 0.00000144. The molecule has 90 valence electrons. The summed E-state index contributed by atoms with van der Waals surface area (Å²) in [6.07, 6.45) is 0. The van der Waals surface area contributed by atoms with E-state index in [1.165, 1.54) is 11.1 Å². The minimum absolute atomic E-state index is 0. The zero-order valence-corrected chi connectivity index (χ0v) is 10.7. The molecule has 0 fully saturated rings. The van der Waals surface area contributed by atoms with Gasteiger partial charge in [-0.25, -0.2) is 0 Å². The number of benzene rings is 2. The molecule has 2 rings (SSSR count). The van der Waals surface area contributed by atoms with Crippen molar-refractivity contribution in [3.63, 3.8) is 0 Å². The molecule has 1 nitrogen and oxygen atoms in total. The third-order valence-corrected chi connectivity index (χ3v) is 2.84. The van der Waals surface area contributed by atoms with E-state index in [0.29, 0.717) is 0 Å². The fourth-order valence-corrected chi connectivity index (χ4v) is 2.12. The number of rotatable bonds is 3. The summed E-state index contributed by atoms with van der Waals surface area (Å²) < 4.78 is 0. The van der Waals surface area contributed by atoms with Crippen molar-refractivity contribution in [3.8, 4) is 0 Å². The molecular formula is C15H18ClN. The Hall–Kier alpha value is -1.31. The monoisotopic (exact) mass is 247 g/mol. The van der Waals surface area contributed by atoms with Gasteiger partial charge in [-0.05, 0) is 18.1 Å². The van der Waals surface area contributed by atoms with Gasteiger partial charge in [0.15, 0.2) is 0 Å². The molecule has 0 unspecified atom stereocenters. The van der Waals surface area contributed by atoms with Gasteiger partial charge in [0.2, 0.25) is 0 Å². The van der Waals surface area contributed by atoms with Gasteiger partial charge in [0.1, 0.15) is 0 Å². The summed E-state index contributed by atoms with van der Waals surface area (Å²) in [7, 11) is 0. The predicted molar refractivity (Wildman–Crippen MR) is 75.6 cm³/mol. The van der Waals surface area contributed by atoms with E-state index >= 15 is 0 Å². The molecule has 0 aliphatic carbocycles. The van der Waals surface area contributed by atoms with Crippen molar-refractivity contribution >= 4 is 12.4 Å². The van der Waals surface area contributed by atoms with Crippen LogP contribution < -0.4 is 5.73 Å². The first-order valence-corrected chi connectivity index (χ1v) is 5.64. The summed E-state index contributed by atoms with van der Waals surface area (Å²) >= 11 is 0. The van der Waals surface area contributed by atoms with E-state index in [4.69, 9.17) is 5.73 Å². The first kappa shape index (κ1) is 13.8. The number of hydrogen-bond acceptors (Lipinski definition) is 1. The topological polar surface area (TPSA) is 26.0 Å². The van der Waals surface area contributed by atoms with Gasteiger partial charge in [-0.3, -0.25) is 0 Å². The fourth-order valence-electron chi connectivity index (χ4n) is 2.12. The van der Waals surface area contributed by atoms with Crippen LogP contribution in [0.3, 0.4) is 0 Å². The van der Waals surface area contributed by atoms with Gasteiger partial charge in [-0.2, -0.15) is 0 Å². The molecular weight excluding hydrogens is 230 g/mol. The molecule has 0 aliphatic heterocycles. The first-order valence-electron chi connectivity index (χ1n) is 5.64. The van der Waals surface area contributed by atoms with E-state index in [1.807, 2.05) is 12.1 Å². The van der Waals surface area contributed by atoms with Crippen molar-refractivity contribution in [2.24, 2.45) is 5.73 Å². The second-order valence-corrected chi connectivity index (χ2v) is 4.16. The lowest BCUT2D eigenvalue weighted by molar-refractivity contribution is 0.645. The summed E-state index contributed by atoms with van der Waals surface area (Å²) in [6, 6.07) is 21.0. The van der Waals surface area contributed by atoms with Crippen molar-refractivity contribution in [1.82, 2.24) is 0 Å². The smallest absolute Gasteiger partial charge is 0.0238 e. The maximum absolute atomic E-state index is 6.10. The minimum Gasteiger partial charge on any atom is -0.327 e. The van der Waals surface area contributed by atoms with Gasteiger partial charge in [-0.15, -0.1) is 12.4 Å². The van der Waals surface area contributed by atoms with Crippen LogP contribution in [0.25, 0.3) is 0 Å². The first-order chi connectivity index (χ1) is 7.79. The maximum atomic E-state index is 6.10. The van der Waals surface area contributed by atoms with E-state index in [9.17, 15) is 0 Å². The maximum Gasteiger partial charge on any atom is 0.0238 e. The Kier molecular flexibility index (Phi) is 5.20. The molecule has 17 heavy (non-hydrogen) atoms. The van der Waals surface area contributed by atoms with Crippen molar-refractivity contribution in [2.75, 3.05) is 0 Å². The standard InChI is InChI=1S/C15H17N.ClH/c1-12(16)15(13-8-4-2-5-9-13)14-10-6-3-7-11-14;/h2-12,15H,16H2,1H3;1H/t12-;/m0./s1. The van der Waals surface area contributed by atoms with Gasteiger partial charge in [0.05, 0.1) is 0 Å². The molecule has 0 saturated carbocycles. The Morgan fingerprint density at radius 2 is 1.12 bits per heavy atom. The molecule has 0 saturated heterocycles. The van der Waals surface area contributed by atoms with Crippen molar-refractivity contribution in [2.45, 2.75) is 18.9 Å². The highest BCUT2D eigenvalue weighted by atomic mass is 35.5. The van der Waals surface area contributed by atoms with Crippen molar-refractivity contribution in [3.05, 3.63) is 71.8 Å². The van der Waals surface area contributed by atoms with Gasteiger partial charge < -0.3 is 5.73 Å². The summed E-state index contributed by atoms with van der Waals surface area (Å²) in [4.78, 5) is 0. The summed E-state index contributed by atoms with van der Waals surface area (Å²) in [5.41, 5.74) is 8.66. The highest BCUT2D eigenvalue weighted by Gasteiger charge is 2.17. The van der Waals surface area contributed by atoms with E-state index in [1.54, 1.807) is 0 Å². The molecule has 2 N–H and O–H groups in total. The molecule has 0 aromatic heterocycles. The van der Waals surface area contributed by atoms with Crippen LogP contribution >= 0.6 is 12.4 Å². The van der Waals surface area contributed by atoms with Crippen LogP contribution in [0.1, 0.15) is 24.0 Å². The number of hydrogen-bond donors (Lipinski definition) is 1. The summed E-state index contributed by atoms with van der Waals surface area (Å²) in [5.74, 6) is 0.280. The van der Waals surface area contributed by atoms with E-state index < -0.39 is 0 Å². The zero-order valence-electron chi connectivity index (χ0n) is 9.91. The third kappa shape index (κ3) is 3.32. The molecule has 0 spiro atoms.